The van der Waals surface area contributed by atoms with Crippen LogP contribution in [0.2, 0.25) is 0 Å². The fourth-order valence-corrected chi connectivity index (χ4v) is 2.74. The van der Waals surface area contributed by atoms with E-state index in [0.29, 0.717) is 5.88 Å². The van der Waals surface area contributed by atoms with Crippen molar-refractivity contribution < 1.29 is 0 Å². The first-order chi connectivity index (χ1) is 8.80. The molecule has 2 aromatic rings. The fraction of sp³-hybridized carbons (Fsp3) is 0.294. The lowest BCUT2D eigenvalue weighted by Gasteiger charge is -2.14. The second kappa shape index (κ2) is 6.06. The number of halogens is 1. The van der Waals surface area contributed by atoms with Crippen molar-refractivity contribution in [1.82, 2.24) is 0 Å². The Hall–Kier alpha value is -1.27. The maximum absolute atomic E-state index is 6.09. The minimum Gasteiger partial charge on any atom is -0.122 e. The summed E-state index contributed by atoms with van der Waals surface area (Å²) in [4.78, 5) is 0. The van der Waals surface area contributed by atoms with Gasteiger partial charge in [-0.25, -0.2) is 0 Å². The van der Waals surface area contributed by atoms with Crippen molar-refractivity contribution in [3.63, 3.8) is 0 Å². The molecule has 2 aromatic carbocycles. The number of alkyl halides is 1. The summed E-state index contributed by atoms with van der Waals surface area (Å²) in [6.45, 7) is 4.39. The van der Waals surface area contributed by atoms with E-state index in [9.17, 15) is 0 Å². The number of hydrogen-bond donors (Lipinski definition) is 0. The van der Waals surface area contributed by atoms with Gasteiger partial charge in [-0.15, -0.1) is 11.6 Å². The Bertz CT molecular complexity index is 489. The van der Waals surface area contributed by atoms with Crippen molar-refractivity contribution in [2.75, 3.05) is 0 Å². The lowest BCUT2D eigenvalue weighted by molar-refractivity contribution is 1.04. The Kier molecular flexibility index (Phi) is 4.43. The molecule has 1 heteroatoms. The monoisotopic (exact) mass is 258 g/mol. The number of hydrogen-bond acceptors (Lipinski definition) is 0. The van der Waals surface area contributed by atoms with Crippen LogP contribution in [0.25, 0.3) is 11.1 Å². The largest absolute Gasteiger partial charge is 0.122 e. The summed E-state index contributed by atoms with van der Waals surface area (Å²) in [5.74, 6) is 0.613. The van der Waals surface area contributed by atoms with Gasteiger partial charge < -0.3 is 0 Å². The first-order valence-electron chi connectivity index (χ1n) is 6.56. The minimum atomic E-state index is 0.613. The zero-order chi connectivity index (χ0) is 13.0. The molecule has 0 aromatic heterocycles. The van der Waals surface area contributed by atoms with E-state index < -0.39 is 0 Å². The summed E-state index contributed by atoms with van der Waals surface area (Å²) >= 11 is 6.09. The van der Waals surface area contributed by atoms with Crippen molar-refractivity contribution in [2.45, 2.75) is 32.6 Å². The highest BCUT2D eigenvalue weighted by atomic mass is 35.5. The van der Waals surface area contributed by atoms with Crippen LogP contribution in [0.4, 0.5) is 0 Å². The standard InChI is InChI=1S/C17H19Cl/c1-3-13-10-16(15-8-6-5-7-9-15)11-14(4-2)17(13)12-18/h5-11H,3-4,12H2,1-2H3. The third kappa shape index (κ3) is 2.59. The molecule has 0 aliphatic heterocycles. The van der Waals surface area contributed by atoms with Crippen molar-refractivity contribution in [3.8, 4) is 11.1 Å². The van der Waals surface area contributed by atoms with Gasteiger partial charge in [-0.1, -0.05) is 56.3 Å². The highest BCUT2D eigenvalue weighted by molar-refractivity contribution is 6.17. The van der Waals surface area contributed by atoms with Crippen LogP contribution >= 0.6 is 11.6 Å². The van der Waals surface area contributed by atoms with E-state index in [1.165, 1.54) is 27.8 Å². The van der Waals surface area contributed by atoms with Crippen molar-refractivity contribution in [3.05, 3.63) is 59.2 Å². The maximum atomic E-state index is 6.09. The molecule has 0 spiro atoms. The third-order valence-electron chi connectivity index (χ3n) is 3.44. The lowest BCUT2D eigenvalue weighted by Crippen LogP contribution is -1.98. The lowest BCUT2D eigenvalue weighted by atomic mass is 9.93. The molecule has 0 nitrogen and oxygen atoms in total. The van der Waals surface area contributed by atoms with Crippen molar-refractivity contribution in [1.29, 1.82) is 0 Å². The van der Waals surface area contributed by atoms with Crippen LogP contribution in [0.3, 0.4) is 0 Å². The third-order valence-corrected chi connectivity index (χ3v) is 3.70. The Morgan fingerprint density at radius 1 is 0.833 bits per heavy atom. The van der Waals surface area contributed by atoms with Gasteiger partial charge in [0.1, 0.15) is 0 Å². The number of aryl methyl sites for hydroxylation is 2. The first kappa shape index (κ1) is 13.2. The van der Waals surface area contributed by atoms with Crippen LogP contribution in [-0.2, 0) is 18.7 Å². The van der Waals surface area contributed by atoms with Gasteiger partial charge in [-0.3, -0.25) is 0 Å². The average molecular weight is 259 g/mol. The SMILES string of the molecule is CCc1cc(-c2ccccc2)cc(CC)c1CCl. The van der Waals surface area contributed by atoms with E-state index in [1.54, 1.807) is 0 Å². The van der Waals surface area contributed by atoms with Crippen LogP contribution in [0.5, 0.6) is 0 Å². The van der Waals surface area contributed by atoms with Gasteiger partial charge in [0.15, 0.2) is 0 Å². The topological polar surface area (TPSA) is 0 Å². The molecule has 0 heterocycles. The first-order valence-corrected chi connectivity index (χ1v) is 7.09. The van der Waals surface area contributed by atoms with Crippen LogP contribution in [0.1, 0.15) is 30.5 Å². The second-order valence-corrected chi connectivity index (χ2v) is 4.75. The summed E-state index contributed by atoms with van der Waals surface area (Å²) in [6.07, 6.45) is 2.07. The highest BCUT2D eigenvalue weighted by Crippen LogP contribution is 2.27. The molecule has 0 unspecified atom stereocenters. The van der Waals surface area contributed by atoms with Crippen LogP contribution in [0.15, 0.2) is 42.5 Å². The van der Waals surface area contributed by atoms with Gasteiger partial charge in [0.2, 0.25) is 0 Å². The zero-order valence-corrected chi connectivity index (χ0v) is 11.8. The molecule has 94 valence electrons. The maximum Gasteiger partial charge on any atom is 0.0479 e. The Balaban J connectivity index is 2.57. The van der Waals surface area contributed by atoms with Gasteiger partial charge in [-0.2, -0.15) is 0 Å². The molecule has 0 atom stereocenters. The zero-order valence-electron chi connectivity index (χ0n) is 11.0. The number of rotatable bonds is 4. The van der Waals surface area contributed by atoms with Gasteiger partial charge in [0.05, 0.1) is 0 Å². The summed E-state index contributed by atoms with van der Waals surface area (Å²) < 4.78 is 0. The Morgan fingerprint density at radius 3 is 1.83 bits per heavy atom. The molecule has 0 bridgehead atoms. The van der Waals surface area contributed by atoms with Gasteiger partial charge in [0.25, 0.3) is 0 Å². The van der Waals surface area contributed by atoms with Crippen molar-refractivity contribution in [2.24, 2.45) is 0 Å². The van der Waals surface area contributed by atoms with Crippen LogP contribution in [0, 0.1) is 0 Å². The Labute approximate surface area is 115 Å². The van der Waals surface area contributed by atoms with Gasteiger partial charge in [-0.05, 0) is 40.7 Å². The minimum absolute atomic E-state index is 0.613. The van der Waals surface area contributed by atoms with Crippen molar-refractivity contribution >= 4 is 11.6 Å². The molecule has 18 heavy (non-hydrogen) atoms. The van der Waals surface area contributed by atoms with Crippen LogP contribution < -0.4 is 0 Å². The van der Waals surface area contributed by atoms with E-state index >= 15 is 0 Å². The van der Waals surface area contributed by atoms with E-state index in [1.807, 2.05) is 0 Å². The van der Waals surface area contributed by atoms with E-state index in [-0.39, 0.29) is 0 Å². The molecular weight excluding hydrogens is 240 g/mol. The molecule has 0 saturated heterocycles. The predicted molar refractivity (Wildman–Crippen MR) is 80.2 cm³/mol. The average Bonchev–Trinajstić information content (AvgIpc) is 2.46. The summed E-state index contributed by atoms with van der Waals surface area (Å²) in [5, 5.41) is 0. The molecule has 0 fully saturated rings. The predicted octanol–water partition coefficient (Wildman–Crippen LogP) is 5.22. The quantitative estimate of drug-likeness (QED) is 0.660. The smallest absolute Gasteiger partial charge is 0.0479 e. The molecular formula is C17H19Cl. The summed E-state index contributed by atoms with van der Waals surface area (Å²) in [5.41, 5.74) is 6.66. The van der Waals surface area contributed by atoms with E-state index in [2.05, 4.69) is 56.3 Å². The molecule has 0 saturated carbocycles. The van der Waals surface area contributed by atoms with E-state index in [0.717, 1.165) is 12.8 Å². The number of benzene rings is 2. The molecule has 2 rings (SSSR count). The molecule has 0 radical (unpaired) electrons. The molecule has 0 aliphatic carbocycles. The fourth-order valence-electron chi connectivity index (χ4n) is 2.40. The molecule has 0 N–H and O–H groups in total. The van der Waals surface area contributed by atoms with Gasteiger partial charge in [0, 0.05) is 5.88 Å². The summed E-state index contributed by atoms with van der Waals surface area (Å²) in [7, 11) is 0. The van der Waals surface area contributed by atoms with Crippen LogP contribution in [-0.4, -0.2) is 0 Å². The molecule has 0 amide bonds. The van der Waals surface area contributed by atoms with Gasteiger partial charge >= 0.3 is 0 Å². The highest BCUT2D eigenvalue weighted by Gasteiger charge is 2.08. The molecule has 0 aliphatic rings. The normalized spacial score (nSPS) is 10.6. The second-order valence-electron chi connectivity index (χ2n) is 4.48. The summed E-state index contributed by atoms with van der Waals surface area (Å²) in [6, 6.07) is 15.1. The Morgan fingerprint density at radius 2 is 1.39 bits per heavy atom. The van der Waals surface area contributed by atoms with E-state index in [4.69, 9.17) is 11.6 Å².